The van der Waals surface area contributed by atoms with Crippen molar-refractivity contribution in [1.82, 2.24) is 10.2 Å². The summed E-state index contributed by atoms with van der Waals surface area (Å²) in [6, 6.07) is 18.8. The molecule has 0 aromatic heterocycles. The first-order chi connectivity index (χ1) is 15.8. The number of nitrogens with one attached hydrogen (secondary N) is 1. The zero-order valence-electron chi connectivity index (χ0n) is 19.3. The van der Waals surface area contributed by atoms with Gasteiger partial charge in [0.25, 0.3) is 0 Å². The monoisotopic (exact) mass is 484 g/mol. The van der Waals surface area contributed by atoms with Crippen LogP contribution < -0.4 is 5.32 Å². The quantitative estimate of drug-likeness (QED) is 0.389. The Labute approximate surface area is 205 Å². The van der Waals surface area contributed by atoms with Crippen molar-refractivity contribution < 1.29 is 9.59 Å². The smallest absolute Gasteiger partial charge is 0.242 e. The van der Waals surface area contributed by atoms with Crippen molar-refractivity contribution >= 4 is 45.8 Å². The number of fused-ring (bicyclic) bond motifs is 1. The molecular formula is C27H30Cl2N2O2. The molecule has 0 aliphatic rings. The lowest BCUT2D eigenvalue weighted by molar-refractivity contribution is -0.140. The molecule has 0 fully saturated rings. The molecule has 3 rings (SSSR count). The van der Waals surface area contributed by atoms with Crippen LogP contribution in [-0.4, -0.2) is 29.3 Å². The summed E-state index contributed by atoms with van der Waals surface area (Å²) in [6.45, 7) is 6.62. The van der Waals surface area contributed by atoms with Gasteiger partial charge in [-0.2, -0.15) is 0 Å². The van der Waals surface area contributed by atoms with Crippen molar-refractivity contribution in [3.63, 3.8) is 0 Å². The SMILES string of the molecule is CC(C)CNC(=O)[C@H](C)N(Cc1ccc(Cl)cc1Cl)C(=O)CCc1cccc2ccccc12. The van der Waals surface area contributed by atoms with Crippen LogP contribution in [-0.2, 0) is 22.6 Å². The summed E-state index contributed by atoms with van der Waals surface area (Å²) in [5, 5.41) is 6.23. The Morgan fingerprint density at radius 3 is 2.39 bits per heavy atom. The maximum Gasteiger partial charge on any atom is 0.242 e. The number of aryl methyl sites for hydroxylation is 1. The molecule has 0 heterocycles. The summed E-state index contributed by atoms with van der Waals surface area (Å²) in [7, 11) is 0. The van der Waals surface area contributed by atoms with Crippen molar-refractivity contribution in [2.45, 2.75) is 46.2 Å². The molecule has 0 aliphatic heterocycles. The first-order valence-corrected chi connectivity index (χ1v) is 12.0. The van der Waals surface area contributed by atoms with Crippen molar-refractivity contribution in [3.8, 4) is 0 Å². The Balaban J connectivity index is 1.80. The Kier molecular flexibility index (Phi) is 8.76. The van der Waals surface area contributed by atoms with Crippen LogP contribution in [0.4, 0.5) is 0 Å². The molecular weight excluding hydrogens is 455 g/mol. The number of hydrogen-bond donors (Lipinski definition) is 1. The van der Waals surface area contributed by atoms with Gasteiger partial charge in [0.15, 0.2) is 0 Å². The van der Waals surface area contributed by atoms with Gasteiger partial charge in [-0.1, -0.05) is 85.6 Å². The van der Waals surface area contributed by atoms with Crippen LogP contribution >= 0.6 is 23.2 Å². The lowest BCUT2D eigenvalue weighted by atomic mass is 10.0. The molecule has 3 aromatic rings. The first kappa shape index (κ1) is 25.1. The molecule has 174 valence electrons. The van der Waals surface area contributed by atoms with Crippen LogP contribution in [0, 0.1) is 5.92 Å². The largest absolute Gasteiger partial charge is 0.354 e. The predicted molar refractivity (Wildman–Crippen MR) is 137 cm³/mol. The van der Waals surface area contributed by atoms with Crippen LogP contribution in [0.5, 0.6) is 0 Å². The third kappa shape index (κ3) is 6.72. The second kappa shape index (κ2) is 11.5. The average molecular weight is 485 g/mol. The zero-order chi connectivity index (χ0) is 24.0. The van der Waals surface area contributed by atoms with Crippen molar-refractivity contribution in [2.24, 2.45) is 5.92 Å². The Bertz CT molecular complexity index is 1120. The van der Waals surface area contributed by atoms with Gasteiger partial charge in [-0.15, -0.1) is 0 Å². The molecule has 2 amide bonds. The fraction of sp³-hybridized carbons (Fsp3) is 0.333. The molecule has 0 aliphatic carbocycles. The van der Waals surface area contributed by atoms with E-state index < -0.39 is 6.04 Å². The summed E-state index contributed by atoms with van der Waals surface area (Å²) in [5.74, 6) is 0.0517. The van der Waals surface area contributed by atoms with Crippen LogP contribution in [0.25, 0.3) is 10.8 Å². The van der Waals surface area contributed by atoms with Crippen LogP contribution in [0.3, 0.4) is 0 Å². The van der Waals surface area contributed by atoms with E-state index in [4.69, 9.17) is 23.2 Å². The molecule has 0 bridgehead atoms. The van der Waals surface area contributed by atoms with E-state index in [0.717, 1.165) is 21.9 Å². The maximum atomic E-state index is 13.4. The van der Waals surface area contributed by atoms with Gasteiger partial charge < -0.3 is 10.2 Å². The summed E-state index contributed by atoms with van der Waals surface area (Å²) >= 11 is 12.4. The fourth-order valence-electron chi connectivity index (χ4n) is 3.76. The molecule has 0 saturated carbocycles. The van der Waals surface area contributed by atoms with E-state index in [-0.39, 0.29) is 18.4 Å². The number of halogens is 2. The Morgan fingerprint density at radius 2 is 1.67 bits per heavy atom. The van der Waals surface area contributed by atoms with E-state index in [1.54, 1.807) is 30.0 Å². The van der Waals surface area contributed by atoms with E-state index in [2.05, 4.69) is 29.6 Å². The van der Waals surface area contributed by atoms with Crippen LogP contribution in [0.1, 0.15) is 38.3 Å². The third-order valence-corrected chi connectivity index (χ3v) is 6.28. The summed E-state index contributed by atoms with van der Waals surface area (Å²) in [6.07, 6.45) is 0.881. The van der Waals surface area contributed by atoms with Gasteiger partial charge in [-0.05, 0) is 53.3 Å². The number of benzene rings is 3. The highest BCUT2D eigenvalue weighted by atomic mass is 35.5. The first-order valence-electron chi connectivity index (χ1n) is 11.2. The molecule has 0 unspecified atom stereocenters. The molecule has 0 saturated heterocycles. The molecule has 1 N–H and O–H groups in total. The molecule has 0 radical (unpaired) electrons. The van der Waals surface area contributed by atoms with E-state index in [9.17, 15) is 9.59 Å². The van der Waals surface area contributed by atoms with Crippen molar-refractivity contribution in [2.75, 3.05) is 6.54 Å². The van der Waals surface area contributed by atoms with Crippen LogP contribution in [0.2, 0.25) is 10.0 Å². The third-order valence-electron chi connectivity index (χ3n) is 5.70. The van der Waals surface area contributed by atoms with Crippen molar-refractivity contribution in [1.29, 1.82) is 0 Å². The fourth-order valence-corrected chi connectivity index (χ4v) is 4.23. The highest BCUT2D eigenvalue weighted by Gasteiger charge is 2.26. The minimum absolute atomic E-state index is 0.0962. The summed E-state index contributed by atoms with van der Waals surface area (Å²) in [5.41, 5.74) is 1.87. The average Bonchev–Trinajstić information content (AvgIpc) is 2.80. The number of hydrogen-bond acceptors (Lipinski definition) is 2. The number of rotatable bonds is 9. The summed E-state index contributed by atoms with van der Waals surface area (Å²) < 4.78 is 0. The molecule has 6 heteroatoms. The van der Waals surface area contributed by atoms with Gasteiger partial charge in [0.05, 0.1) is 0 Å². The van der Waals surface area contributed by atoms with Gasteiger partial charge >= 0.3 is 0 Å². The van der Waals surface area contributed by atoms with E-state index >= 15 is 0 Å². The van der Waals surface area contributed by atoms with Gasteiger partial charge in [0.1, 0.15) is 6.04 Å². The van der Waals surface area contributed by atoms with Crippen molar-refractivity contribution in [3.05, 3.63) is 81.8 Å². The zero-order valence-corrected chi connectivity index (χ0v) is 20.8. The lowest BCUT2D eigenvalue weighted by Crippen LogP contribution is -2.48. The highest BCUT2D eigenvalue weighted by Crippen LogP contribution is 2.24. The second-order valence-electron chi connectivity index (χ2n) is 8.71. The normalized spacial score (nSPS) is 12.1. The highest BCUT2D eigenvalue weighted by molar-refractivity contribution is 6.35. The van der Waals surface area contributed by atoms with Gasteiger partial charge in [0, 0.05) is 29.6 Å². The van der Waals surface area contributed by atoms with Gasteiger partial charge in [-0.3, -0.25) is 9.59 Å². The van der Waals surface area contributed by atoms with Gasteiger partial charge in [-0.25, -0.2) is 0 Å². The number of nitrogens with zero attached hydrogens (tertiary/aromatic N) is 1. The predicted octanol–water partition coefficient (Wildman–Crippen LogP) is 6.27. The van der Waals surface area contributed by atoms with E-state index in [1.807, 2.05) is 32.0 Å². The van der Waals surface area contributed by atoms with Gasteiger partial charge in [0.2, 0.25) is 11.8 Å². The minimum atomic E-state index is -0.629. The van der Waals surface area contributed by atoms with E-state index in [1.165, 1.54) is 0 Å². The molecule has 1 atom stereocenters. The topological polar surface area (TPSA) is 49.4 Å². The minimum Gasteiger partial charge on any atom is -0.354 e. The Hall–Kier alpha value is -2.56. The molecule has 3 aromatic carbocycles. The Morgan fingerprint density at radius 1 is 0.939 bits per heavy atom. The van der Waals surface area contributed by atoms with E-state index in [0.29, 0.717) is 35.3 Å². The second-order valence-corrected chi connectivity index (χ2v) is 9.55. The number of carbonyl (C=O) groups excluding carboxylic acids is 2. The van der Waals surface area contributed by atoms with Crippen LogP contribution in [0.15, 0.2) is 60.7 Å². The molecule has 4 nitrogen and oxygen atoms in total. The maximum absolute atomic E-state index is 13.4. The number of carbonyl (C=O) groups is 2. The number of amides is 2. The lowest BCUT2D eigenvalue weighted by Gasteiger charge is -2.29. The standard InChI is InChI=1S/C27H30Cl2N2O2/c1-18(2)16-30-27(33)19(3)31(17-22-11-13-23(28)15-25(22)29)26(32)14-12-21-9-6-8-20-7-4-5-10-24(20)21/h4-11,13,15,18-19H,12,14,16-17H2,1-3H3,(H,30,33)/t19-/m0/s1. The summed E-state index contributed by atoms with van der Waals surface area (Å²) in [4.78, 5) is 27.8. The molecule has 33 heavy (non-hydrogen) atoms. The molecule has 0 spiro atoms.